The van der Waals surface area contributed by atoms with Gasteiger partial charge in [0.1, 0.15) is 0 Å². The maximum absolute atomic E-state index is 11.0. The Morgan fingerprint density at radius 2 is 1.29 bits per heavy atom. The van der Waals surface area contributed by atoms with Gasteiger partial charge in [-0.3, -0.25) is 4.57 Å². The third-order valence-electron chi connectivity index (χ3n) is 4.61. The molecule has 0 amide bonds. The minimum absolute atomic E-state index is 0.0385. The van der Waals surface area contributed by atoms with Crippen molar-refractivity contribution < 1.29 is 27.6 Å². The summed E-state index contributed by atoms with van der Waals surface area (Å²) in [5.41, 5.74) is 0. The monoisotopic (exact) mass is 384 g/mol. The van der Waals surface area contributed by atoms with E-state index in [9.17, 15) is 4.57 Å². The Kier molecular flexibility index (Phi) is 11.9. The largest absolute Gasteiger partial charge is 0.507 e. The number of hydrogen-bond acceptors (Lipinski definition) is 4. The van der Waals surface area contributed by atoms with Crippen molar-refractivity contribution in [1.82, 2.24) is 0 Å². The molecule has 0 aromatic carbocycles. The second-order valence-electron chi connectivity index (χ2n) is 6.04. The lowest BCUT2D eigenvalue weighted by atomic mass is 9.94. The third kappa shape index (κ3) is 7.24. The highest BCUT2D eigenvalue weighted by Crippen LogP contribution is 2.51. The topological polar surface area (TPSA) is 85.2 Å². The van der Waals surface area contributed by atoms with E-state index in [2.05, 4.69) is 13.8 Å². The van der Waals surface area contributed by atoms with Gasteiger partial charge in [0.2, 0.25) is 0 Å². The Labute approximate surface area is 148 Å². The Morgan fingerprint density at radius 3 is 1.62 bits per heavy atom. The predicted molar refractivity (Wildman–Crippen MR) is 99.3 cm³/mol. The molecule has 0 unspecified atom stereocenters. The first kappa shape index (κ1) is 24.2. The first-order chi connectivity index (χ1) is 11.3. The Morgan fingerprint density at radius 1 is 0.833 bits per heavy atom. The predicted octanol–water partition coefficient (Wildman–Crippen LogP) is 4.33. The molecule has 0 aliphatic heterocycles. The summed E-state index contributed by atoms with van der Waals surface area (Å²) < 4.78 is 29.4. The first-order valence-corrected chi connectivity index (χ1v) is 12.7. The molecule has 0 atom stereocenters. The average Bonchev–Trinajstić information content (AvgIpc) is 2.51. The van der Waals surface area contributed by atoms with Gasteiger partial charge in [0, 0.05) is 31.0 Å². The highest BCUT2D eigenvalue weighted by Gasteiger charge is 2.58. The molecule has 0 spiro atoms. The van der Waals surface area contributed by atoms with Crippen LogP contribution in [0.3, 0.4) is 0 Å². The van der Waals surface area contributed by atoms with Crippen LogP contribution in [0.4, 0.5) is 0 Å². The second-order valence-corrected chi connectivity index (χ2v) is 10.9. The molecule has 0 rings (SSSR count). The summed E-state index contributed by atoms with van der Waals surface area (Å²) in [7, 11) is -6.72. The third-order valence-corrected chi connectivity index (χ3v) is 9.77. The molecule has 0 aliphatic carbocycles. The quantitative estimate of drug-likeness (QED) is 0.248. The van der Waals surface area contributed by atoms with Crippen LogP contribution in [0.5, 0.6) is 0 Å². The van der Waals surface area contributed by atoms with Crippen LogP contribution in [0.2, 0.25) is 5.04 Å². The molecule has 8 heteroatoms. The van der Waals surface area contributed by atoms with E-state index < -0.39 is 16.4 Å². The van der Waals surface area contributed by atoms with Gasteiger partial charge in [-0.25, -0.2) is 0 Å². The van der Waals surface area contributed by atoms with Crippen molar-refractivity contribution >= 4 is 16.4 Å². The van der Waals surface area contributed by atoms with Crippen LogP contribution in [-0.4, -0.2) is 44.6 Å². The van der Waals surface area contributed by atoms with Gasteiger partial charge in [-0.05, 0) is 46.5 Å². The minimum Gasteiger partial charge on any atom is -0.373 e. The van der Waals surface area contributed by atoms with Crippen molar-refractivity contribution in [3.8, 4) is 0 Å². The number of unbranched alkanes of at least 4 members (excludes halogenated alkanes) is 2. The van der Waals surface area contributed by atoms with Gasteiger partial charge in [-0.15, -0.1) is 0 Å². The lowest BCUT2D eigenvalue weighted by Gasteiger charge is -2.44. The van der Waals surface area contributed by atoms with Crippen molar-refractivity contribution in [2.24, 2.45) is 0 Å². The van der Waals surface area contributed by atoms with Gasteiger partial charge in [-0.1, -0.05) is 26.7 Å². The van der Waals surface area contributed by atoms with E-state index in [0.717, 1.165) is 32.1 Å². The van der Waals surface area contributed by atoms with Crippen LogP contribution < -0.4 is 0 Å². The molecule has 6 nitrogen and oxygen atoms in total. The molecule has 24 heavy (non-hydrogen) atoms. The highest BCUT2D eigenvalue weighted by atomic mass is 31.2. The minimum atomic E-state index is -3.89. The second kappa shape index (κ2) is 11.8. The zero-order valence-corrected chi connectivity index (χ0v) is 17.9. The van der Waals surface area contributed by atoms with Gasteiger partial charge in [0.25, 0.3) is 0 Å². The van der Waals surface area contributed by atoms with Crippen LogP contribution in [-0.2, 0) is 17.8 Å². The summed E-state index contributed by atoms with van der Waals surface area (Å²) in [6.45, 7) is 11.9. The number of hydrogen-bond donors (Lipinski definition) is 2. The molecule has 0 aliphatic rings. The van der Waals surface area contributed by atoms with Crippen molar-refractivity contribution in [1.29, 1.82) is 0 Å². The smallest absolute Gasteiger partial charge is 0.373 e. The summed E-state index contributed by atoms with van der Waals surface area (Å²) in [5, 5.41) is -0.142. The summed E-state index contributed by atoms with van der Waals surface area (Å²) in [4.78, 5) is 17.9. The molecule has 0 bridgehead atoms. The van der Waals surface area contributed by atoms with Crippen molar-refractivity contribution in [3.63, 3.8) is 0 Å². The van der Waals surface area contributed by atoms with Crippen LogP contribution in [0.25, 0.3) is 0 Å². The lowest BCUT2D eigenvalue weighted by Crippen LogP contribution is -2.56. The summed E-state index contributed by atoms with van der Waals surface area (Å²) in [6, 6.07) is 0. The van der Waals surface area contributed by atoms with Crippen LogP contribution in [0.1, 0.15) is 73.1 Å². The van der Waals surface area contributed by atoms with Gasteiger partial charge in [0.15, 0.2) is 0 Å². The van der Waals surface area contributed by atoms with Gasteiger partial charge in [0.05, 0.1) is 0 Å². The molecule has 146 valence electrons. The zero-order valence-electron chi connectivity index (χ0n) is 16.0. The van der Waals surface area contributed by atoms with E-state index in [1.165, 1.54) is 0 Å². The molecule has 0 heterocycles. The van der Waals surface area contributed by atoms with Crippen molar-refractivity contribution in [2.75, 3.05) is 26.0 Å². The van der Waals surface area contributed by atoms with E-state index >= 15 is 0 Å². The van der Waals surface area contributed by atoms with Crippen LogP contribution in [0, 0.1) is 0 Å². The van der Waals surface area contributed by atoms with Crippen molar-refractivity contribution in [3.05, 3.63) is 0 Å². The molecule has 0 aromatic heterocycles. The SMILES string of the molecule is CCO[Si](OCC)(OCC)C(CC)(CC)CCCCCP(=O)(O)O. The van der Waals surface area contributed by atoms with Gasteiger partial charge >= 0.3 is 16.4 Å². The molecular formula is C16H37O6PSi. The molecular weight excluding hydrogens is 347 g/mol. The zero-order chi connectivity index (χ0) is 18.7. The molecule has 0 saturated heterocycles. The van der Waals surface area contributed by atoms with E-state index in [-0.39, 0.29) is 11.2 Å². The maximum atomic E-state index is 11.0. The van der Waals surface area contributed by atoms with E-state index in [1.54, 1.807) is 0 Å². The molecule has 0 fully saturated rings. The Balaban J connectivity index is 5.09. The Hall–Kier alpha value is 0.247. The maximum Gasteiger partial charge on any atom is 0.507 e. The van der Waals surface area contributed by atoms with Gasteiger partial charge in [-0.2, -0.15) is 0 Å². The van der Waals surface area contributed by atoms with Gasteiger partial charge < -0.3 is 23.1 Å². The van der Waals surface area contributed by atoms with Crippen LogP contribution >= 0.6 is 7.60 Å². The number of rotatable bonds is 15. The van der Waals surface area contributed by atoms with Crippen molar-refractivity contribution in [2.45, 2.75) is 78.2 Å². The average molecular weight is 385 g/mol. The standard InChI is InChI=1S/C16H37O6PSi/c1-6-16(7-2,14-12-11-13-15-23(17,18)19)24(20-8-3,21-9-4)22-10-5/h6-15H2,1-5H3,(H2,17,18,19). The molecule has 0 saturated carbocycles. The van der Waals surface area contributed by atoms with E-state index in [4.69, 9.17) is 23.1 Å². The molecule has 2 N–H and O–H groups in total. The summed E-state index contributed by atoms with van der Waals surface area (Å²) >= 11 is 0. The fraction of sp³-hybridized carbons (Fsp3) is 1.00. The fourth-order valence-corrected chi connectivity index (χ4v) is 7.60. The van der Waals surface area contributed by atoms with E-state index in [0.29, 0.717) is 26.2 Å². The van der Waals surface area contributed by atoms with Crippen LogP contribution in [0.15, 0.2) is 0 Å². The fourth-order valence-electron chi connectivity index (χ4n) is 3.30. The summed E-state index contributed by atoms with van der Waals surface area (Å²) in [6.07, 6.45) is 4.91. The summed E-state index contributed by atoms with van der Waals surface area (Å²) in [5.74, 6) is 0. The highest BCUT2D eigenvalue weighted by molar-refractivity contribution is 7.51. The molecule has 0 aromatic rings. The van der Waals surface area contributed by atoms with E-state index in [1.807, 2.05) is 20.8 Å². The lowest BCUT2D eigenvalue weighted by molar-refractivity contribution is 0.0375. The normalized spacial score (nSPS) is 13.5. The molecule has 0 radical (unpaired) electrons. The first-order valence-electron chi connectivity index (χ1n) is 9.22. The Bertz CT molecular complexity index is 353.